The maximum Gasteiger partial charge on any atom is 0.258 e. The molecule has 0 saturated carbocycles. The number of aromatic nitrogens is 5. The molecule has 108 valence electrons. The Bertz CT molecular complexity index is 970. The molecule has 2 heterocycles. The summed E-state index contributed by atoms with van der Waals surface area (Å²) < 4.78 is 7.13. The van der Waals surface area contributed by atoms with Gasteiger partial charge in [-0.2, -0.15) is 4.98 Å². The summed E-state index contributed by atoms with van der Waals surface area (Å²) >= 11 is 0. The molecule has 22 heavy (non-hydrogen) atoms. The van der Waals surface area contributed by atoms with E-state index in [0.29, 0.717) is 11.7 Å². The lowest BCUT2D eigenvalue weighted by Crippen LogP contribution is -1.90. The lowest BCUT2D eigenvalue weighted by molar-refractivity contribution is 0.432. The van der Waals surface area contributed by atoms with Gasteiger partial charge in [0.15, 0.2) is 0 Å². The van der Waals surface area contributed by atoms with Crippen molar-refractivity contribution in [1.29, 1.82) is 0 Å². The zero-order valence-corrected chi connectivity index (χ0v) is 12.2. The second-order valence-corrected chi connectivity index (χ2v) is 5.15. The van der Waals surface area contributed by atoms with E-state index in [2.05, 4.69) is 20.5 Å². The van der Waals surface area contributed by atoms with Crippen LogP contribution in [0.15, 0.2) is 47.0 Å². The van der Waals surface area contributed by atoms with E-state index in [1.54, 1.807) is 4.68 Å². The number of rotatable bonds is 2. The zero-order valence-electron chi connectivity index (χ0n) is 12.2. The zero-order chi connectivity index (χ0) is 15.1. The number of hydrogen-bond acceptors (Lipinski definition) is 5. The molecular weight excluding hydrogens is 278 g/mol. The average molecular weight is 291 g/mol. The molecule has 0 N–H and O–H groups in total. The highest BCUT2D eigenvalue weighted by Gasteiger charge is 2.13. The van der Waals surface area contributed by atoms with Gasteiger partial charge in [-0.3, -0.25) is 0 Å². The first-order valence-electron chi connectivity index (χ1n) is 6.92. The molecule has 4 rings (SSSR count). The first-order chi connectivity index (χ1) is 10.7. The lowest BCUT2D eigenvalue weighted by Gasteiger charge is -1.98. The average Bonchev–Trinajstić information content (AvgIpc) is 3.15. The molecule has 0 saturated heterocycles. The molecule has 0 amide bonds. The Morgan fingerprint density at radius 3 is 2.82 bits per heavy atom. The summed E-state index contributed by atoms with van der Waals surface area (Å²) in [5.41, 5.74) is 4.70. The van der Waals surface area contributed by atoms with Crippen LogP contribution in [0.3, 0.4) is 0 Å². The van der Waals surface area contributed by atoms with Gasteiger partial charge in [-0.25, -0.2) is 4.68 Å². The molecule has 2 aromatic carbocycles. The summed E-state index contributed by atoms with van der Waals surface area (Å²) in [7, 11) is 1.86. The maximum absolute atomic E-state index is 5.41. The van der Waals surface area contributed by atoms with Crippen LogP contribution in [0.4, 0.5) is 0 Å². The van der Waals surface area contributed by atoms with Gasteiger partial charge in [0, 0.05) is 18.2 Å². The van der Waals surface area contributed by atoms with Crippen LogP contribution in [0, 0.1) is 6.92 Å². The van der Waals surface area contributed by atoms with E-state index in [9.17, 15) is 0 Å². The van der Waals surface area contributed by atoms with Gasteiger partial charge in [-0.05, 0) is 36.8 Å². The van der Waals surface area contributed by atoms with Gasteiger partial charge in [0.1, 0.15) is 5.52 Å². The summed E-state index contributed by atoms with van der Waals surface area (Å²) in [5, 5.41) is 12.2. The number of aryl methyl sites for hydroxylation is 2. The highest BCUT2D eigenvalue weighted by Crippen LogP contribution is 2.26. The van der Waals surface area contributed by atoms with Crippen LogP contribution in [0.5, 0.6) is 0 Å². The Morgan fingerprint density at radius 1 is 1.09 bits per heavy atom. The summed E-state index contributed by atoms with van der Waals surface area (Å²) in [6.07, 6.45) is 0. The predicted octanol–water partition coefficient (Wildman–Crippen LogP) is 2.99. The number of nitrogens with zero attached hydrogens (tertiary/aromatic N) is 5. The largest absolute Gasteiger partial charge is 0.334 e. The van der Waals surface area contributed by atoms with Crippen molar-refractivity contribution in [2.75, 3.05) is 0 Å². The standard InChI is InChI=1S/C16H13N5O/c1-10-5-3-4-6-12(10)16-17-15(19-22-16)11-7-8-13-14(9-11)21(2)20-18-13/h3-9H,1-2H3. The van der Waals surface area contributed by atoms with Crippen molar-refractivity contribution in [2.24, 2.45) is 7.05 Å². The Morgan fingerprint density at radius 2 is 1.95 bits per heavy atom. The fraction of sp³-hybridized carbons (Fsp3) is 0.125. The van der Waals surface area contributed by atoms with Crippen LogP contribution in [0.25, 0.3) is 33.9 Å². The fourth-order valence-corrected chi connectivity index (χ4v) is 2.43. The molecule has 0 aliphatic rings. The quantitative estimate of drug-likeness (QED) is 0.568. The third-order valence-corrected chi connectivity index (χ3v) is 3.67. The third kappa shape index (κ3) is 1.96. The van der Waals surface area contributed by atoms with E-state index in [4.69, 9.17) is 4.52 Å². The second kappa shape index (κ2) is 4.77. The topological polar surface area (TPSA) is 69.6 Å². The predicted molar refractivity (Wildman–Crippen MR) is 82.0 cm³/mol. The second-order valence-electron chi connectivity index (χ2n) is 5.15. The minimum absolute atomic E-state index is 0.524. The van der Waals surface area contributed by atoms with Gasteiger partial charge >= 0.3 is 0 Å². The third-order valence-electron chi connectivity index (χ3n) is 3.67. The van der Waals surface area contributed by atoms with Crippen molar-refractivity contribution >= 4 is 11.0 Å². The van der Waals surface area contributed by atoms with Crippen molar-refractivity contribution in [3.05, 3.63) is 48.0 Å². The van der Waals surface area contributed by atoms with Crippen LogP contribution in [-0.4, -0.2) is 25.1 Å². The highest BCUT2D eigenvalue weighted by atomic mass is 16.5. The molecule has 0 bridgehead atoms. The van der Waals surface area contributed by atoms with Gasteiger partial charge in [-0.1, -0.05) is 28.6 Å². The Balaban J connectivity index is 1.80. The van der Waals surface area contributed by atoms with Gasteiger partial charge in [0.05, 0.1) is 5.52 Å². The first kappa shape index (κ1) is 12.7. The van der Waals surface area contributed by atoms with Gasteiger partial charge in [-0.15, -0.1) is 5.10 Å². The molecule has 6 heteroatoms. The van der Waals surface area contributed by atoms with E-state index in [-0.39, 0.29) is 0 Å². The Hall–Kier alpha value is -3.02. The highest BCUT2D eigenvalue weighted by molar-refractivity contribution is 5.80. The molecule has 4 aromatic rings. The molecule has 0 aliphatic heterocycles. The molecule has 0 spiro atoms. The van der Waals surface area contributed by atoms with E-state index in [0.717, 1.165) is 27.7 Å². The molecule has 0 unspecified atom stereocenters. The van der Waals surface area contributed by atoms with Crippen LogP contribution in [0.2, 0.25) is 0 Å². The first-order valence-corrected chi connectivity index (χ1v) is 6.92. The van der Waals surface area contributed by atoms with E-state index in [1.165, 1.54) is 0 Å². The number of benzene rings is 2. The molecule has 0 aliphatic carbocycles. The van der Waals surface area contributed by atoms with Gasteiger partial charge in [0.2, 0.25) is 5.82 Å². The fourth-order valence-electron chi connectivity index (χ4n) is 2.43. The molecule has 0 fully saturated rings. The minimum Gasteiger partial charge on any atom is -0.334 e. The van der Waals surface area contributed by atoms with Crippen LogP contribution in [-0.2, 0) is 7.05 Å². The molecule has 6 nitrogen and oxygen atoms in total. The Labute approximate surface area is 126 Å². The van der Waals surface area contributed by atoms with Crippen LogP contribution < -0.4 is 0 Å². The normalized spacial score (nSPS) is 11.2. The van der Waals surface area contributed by atoms with Crippen molar-refractivity contribution < 1.29 is 4.52 Å². The van der Waals surface area contributed by atoms with Crippen molar-refractivity contribution in [2.45, 2.75) is 6.92 Å². The molecule has 2 aromatic heterocycles. The summed E-state index contributed by atoms with van der Waals surface area (Å²) in [4.78, 5) is 4.50. The Kier molecular flexibility index (Phi) is 2.75. The minimum atomic E-state index is 0.524. The SMILES string of the molecule is Cc1ccccc1-c1nc(-c2ccc3nnn(C)c3c2)no1. The molecule has 0 radical (unpaired) electrons. The molecular formula is C16H13N5O. The van der Waals surface area contributed by atoms with E-state index in [1.807, 2.05) is 56.4 Å². The smallest absolute Gasteiger partial charge is 0.258 e. The summed E-state index contributed by atoms with van der Waals surface area (Å²) in [6, 6.07) is 13.7. The lowest BCUT2D eigenvalue weighted by atomic mass is 10.1. The molecule has 0 atom stereocenters. The van der Waals surface area contributed by atoms with Crippen LogP contribution in [0.1, 0.15) is 5.56 Å². The summed E-state index contributed by atoms with van der Waals surface area (Å²) in [5.74, 6) is 1.08. The van der Waals surface area contributed by atoms with Crippen molar-refractivity contribution in [1.82, 2.24) is 25.1 Å². The number of fused-ring (bicyclic) bond motifs is 1. The van der Waals surface area contributed by atoms with E-state index < -0.39 is 0 Å². The van der Waals surface area contributed by atoms with Crippen LogP contribution >= 0.6 is 0 Å². The summed E-state index contributed by atoms with van der Waals surface area (Å²) in [6.45, 7) is 2.02. The van der Waals surface area contributed by atoms with Gasteiger partial charge < -0.3 is 4.52 Å². The van der Waals surface area contributed by atoms with Gasteiger partial charge in [0.25, 0.3) is 5.89 Å². The maximum atomic E-state index is 5.41. The number of hydrogen-bond donors (Lipinski definition) is 0. The van der Waals surface area contributed by atoms with Crippen molar-refractivity contribution in [3.63, 3.8) is 0 Å². The monoisotopic (exact) mass is 291 g/mol. The van der Waals surface area contributed by atoms with E-state index >= 15 is 0 Å². The van der Waals surface area contributed by atoms with Crippen molar-refractivity contribution in [3.8, 4) is 22.8 Å².